The minimum absolute atomic E-state index is 0.203. The van der Waals surface area contributed by atoms with Crippen LogP contribution in [0.3, 0.4) is 0 Å². The summed E-state index contributed by atoms with van der Waals surface area (Å²) in [5.74, 6) is 2.15. The Morgan fingerprint density at radius 3 is 2.67 bits per heavy atom. The van der Waals surface area contributed by atoms with E-state index in [9.17, 15) is 4.79 Å². The van der Waals surface area contributed by atoms with Crippen LogP contribution in [0.2, 0.25) is 0 Å². The number of nitrogens with zero attached hydrogens (tertiary/aromatic N) is 1. The molecule has 0 aromatic heterocycles. The first-order valence-corrected chi connectivity index (χ1v) is 6.27. The molecule has 5 nitrogen and oxygen atoms in total. The zero-order valence-electron chi connectivity index (χ0n) is 9.16. The van der Waals surface area contributed by atoms with Crippen molar-refractivity contribution in [3.63, 3.8) is 0 Å². The van der Waals surface area contributed by atoms with E-state index in [-0.39, 0.29) is 5.96 Å². The molecule has 0 saturated heterocycles. The maximum Gasteiger partial charge on any atom is 0.344 e. The average Bonchev–Trinajstić information content (AvgIpc) is 2.15. The first kappa shape index (κ1) is 14.1. The summed E-state index contributed by atoms with van der Waals surface area (Å²) in [6.45, 7) is 2.80. The highest BCUT2D eigenvalue weighted by molar-refractivity contribution is 7.99. The molecule has 0 rings (SSSR count). The van der Waals surface area contributed by atoms with E-state index in [2.05, 4.69) is 17.2 Å². The largest absolute Gasteiger partial charge is 0.370 e. The summed E-state index contributed by atoms with van der Waals surface area (Å²) in [4.78, 5) is 14.3. The average molecular weight is 232 g/mol. The molecule has 5 N–H and O–H groups in total. The Bertz CT molecular complexity index is 204. The third-order valence-electron chi connectivity index (χ3n) is 1.57. The summed E-state index contributed by atoms with van der Waals surface area (Å²) in [5, 5.41) is 2.61. The van der Waals surface area contributed by atoms with Gasteiger partial charge in [0.25, 0.3) is 0 Å². The number of amides is 2. The highest BCUT2D eigenvalue weighted by atomic mass is 32.2. The Hall–Kier alpha value is -0.910. The normalized spacial score (nSPS) is 9.67. The van der Waals surface area contributed by atoms with Gasteiger partial charge >= 0.3 is 6.03 Å². The van der Waals surface area contributed by atoms with Crippen molar-refractivity contribution in [3.8, 4) is 0 Å². The van der Waals surface area contributed by atoms with Crippen molar-refractivity contribution in [2.75, 3.05) is 18.1 Å². The van der Waals surface area contributed by atoms with Crippen molar-refractivity contribution >= 4 is 23.8 Å². The van der Waals surface area contributed by atoms with Crippen LogP contribution in [0.4, 0.5) is 4.79 Å². The van der Waals surface area contributed by atoms with Crippen LogP contribution in [0, 0.1) is 0 Å². The first-order valence-electron chi connectivity index (χ1n) is 5.12. The molecule has 0 unspecified atom stereocenters. The van der Waals surface area contributed by atoms with Gasteiger partial charge in [-0.1, -0.05) is 6.92 Å². The number of hydrogen-bond acceptors (Lipinski definition) is 2. The van der Waals surface area contributed by atoms with Crippen LogP contribution in [0.1, 0.15) is 26.2 Å². The Labute approximate surface area is 95.1 Å². The molecular weight excluding hydrogens is 212 g/mol. The molecule has 0 aliphatic heterocycles. The van der Waals surface area contributed by atoms with Crippen LogP contribution < -0.4 is 16.8 Å². The number of nitrogens with two attached hydrogens (primary N) is 2. The minimum Gasteiger partial charge on any atom is -0.370 e. The molecule has 0 aromatic rings. The Morgan fingerprint density at radius 1 is 1.33 bits per heavy atom. The number of aliphatic imine (C=N–C) groups is 1. The number of carbonyl (C=O) groups excluding carboxylic acids is 1. The van der Waals surface area contributed by atoms with Crippen molar-refractivity contribution in [2.24, 2.45) is 16.5 Å². The highest BCUT2D eigenvalue weighted by Gasteiger charge is 1.96. The van der Waals surface area contributed by atoms with Gasteiger partial charge in [-0.25, -0.2) is 4.79 Å². The molecule has 0 radical (unpaired) electrons. The number of urea groups is 1. The summed E-state index contributed by atoms with van der Waals surface area (Å²) in [5.41, 5.74) is 10.1. The molecule has 0 aliphatic carbocycles. The fourth-order valence-electron chi connectivity index (χ4n) is 0.928. The number of hydrogen-bond donors (Lipinski definition) is 3. The van der Waals surface area contributed by atoms with Crippen LogP contribution >= 0.6 is 11.8 Å². The Kier molecular flexibility index (Phi) is 9.05. The molecule has 88 valence electrons. The second-order valence-corrected chi connectivity index (χ2v) is 4.31. The summed E-state index contributed by atoms with van der Waals surface area (Å²) < 4.78 is 0. The Balaban J connectivity index is 3.24. The molecule has 0 heterocycles. The third kappa shape index (κ3) is 11.0. The number of unbranched alkanes of at least 4 members (excludes halogenated alkanes) is 1. The fraction of sp³-hybridized carbons (Fsp3) is 0.778. The van der Waals surface area contributed by atoms with Gasteiger partial charge in [0.2, 0.25) is 0 Å². The number of carbonyl (C=O) groups is 1. The zero-order valence-corrected chi connectivity index (χ0v) is 9.98. The van der Waals surface area contributed by atoms with Gasteiger partial charge in [-0.15, -0.1) is 0 Å². The molecule has 0 spiro atoms. The van der Waals surface area contributed by atoms with Gasteiger partial charge in [0.1, 0.15) is 0 Å². The lowest BCUT2D eigenvalue weighted by Gasteiger charge is -2.01. The monoisotopic (exact) mass is 232 g/mol. The van der Waals surface area contributed by atoms with Crippen LogP contribution in [0.25, 0.3) is 0 Å². The van der Waals surface area contributed by atoms with E-state index in [0.717, 1.165) is 18.6 Å². The van der Waals surface area contributed by atoms with E-state index in [1.807, 2.05) is 11.8 Å². The number of rotatable bonds is 7. The third-order valence-corrected chi connectivity index (χ3v) is 2.85. The molecule has 0 atom stereocenters. The van der Waals surface area contributed by atoms with Crippen molar-refractivity contribution in [3.05, 3.63) is 0 Å². The minimum atomic E-state index is -0.462. The summed E-state index contributed by atoms with van der Waals surface area (Å²) in [6, 6.07) is -0.462. The van der Waals surface area contributed by atoms with E-state index >= 15 is 0 Å². The Morgan fingerprint density at radius 2 is 2.07 bits per heavy atom. The molecule has 6 heteroatoms. The summed E-state index contributed by atoms with van der Waals surface area (Å²) in [7, 11) is 0. The van der Waals surface area contributed by atoms with Crippen molar-refractivity contribution in [1.29, 1.82) is 0 Å². The quantitative estimate of drug-likeness (QED) is 0.345. The molecule has 0 fully saturated rings. The van der Waals surface area contributed by atoms with Gasteiger partial charge in [-0.3, -0.25) is 0 Å². The van der Waals surface area contributed by atoms with Crippen LogP contribution in [-0.2, 0) is 0 Å². The summed E-state index contributed by atoms with van der Waals surface area (Å²) >= 11 is 1.94. The van der Waals surface area contributed by atoms with E-state index in [4.69, 9.17) is 11.5 Å². The predicted octanol–water partition coefficient (Wildman–Crippen LogP) is 0.893. The molecule has 15 heavy (non-hydrogen) atoms. The predicted molar refractivity (Wildman–Crippen MR) is 66.1 cm³/mol. The van der Waals surface area contributed by atoms with E-state index in [1.165, 1.54) is 12.2 Å². The van der Waals surface area contributed by atoms with Crippen LogP contribution in [-0.4, -0.2) is 30.0 Å². The maximum atomic E-state index is 10.9. The number of thioether (sulfide) groups is 1. The molecule has 2 amide bonds. The van der Waals surface area contributed by atoms with Crippen molar-refractivity contribution < 1.29 is 4.79 Å². The molecule has 0 aliphatic rings. The van der Waals surface area contributed by atoms with E-state index in [0.29, 0.717) is 6.54 Å². The lowest BCUT2D eigenvalue weighted by atomic mass is 10.3. The van der Waals surface area contributed by atoms with Gasteiger partial charge in [-0.2, -0.15) is 16.8 Å². The van der Waals surface area contributed by atoms with E-state index < -0.39 is 6.03 Å². The van der Waals surface area contributed by atoms with Crippen LogP contribution in [0.5, 0.6) is 0 Å². The van der Waals surface area contributed by atoms with Crippen molar-refractivity contribution in [2.45, 2.75) is 26.2 Å². The van der Waals surface area contributed by atoms with Crippen LogP contribution in [0.15, 0.2) is 4.99 Å². The van der Waals surface area contributed by atoms with Crippen molar-refractivity contribution in [1.82, 2.24) is 5.32 Å². The maximum absolute atomic E-state index is 10.9. The molecule has 0 aromatic carbocycles. The highest BCUT2D eigenvalue weighted by Crippen LogP contribution is 2.05. The number of guanidine groups is 1. The van der Waals surface area contributed by atoms with Gasteiger partial charge in [-0.05, 0) is 30.8 Å². The van der Waals surface area contributed by atoms with E-state index in [1.54, 1.807) is 0 Å². The topological polar surface area (TPSA) is 93.5 Å². The van der Waals surface area contributed by atoms with Gasteiger partial charge in [0.05, 0.1) is 0 Å². The standard InChI is InChI=1S/C9H20N4OS/c1-2-6-15-7-4-3-5-12-9(14)13-8(10)11/h2-7H2,1H3,(H5,10,11,12,13,14). The first-order chi connectivity index (χ1) is 7.16. The second kappa shape index (κ2) is 9.64. The lowest BCUT2D eigenvalue weighted by Crippen LogP contribution is -2.29. The van der Waals surface area contributed by atoms with Gasteiger partial charge < -0.3 is 16.8 Å². The smallest absolute Gasteiger partial charge is 0.344 e. The van der Waals surface area contributed by atoms with Gasteiger partial charge in [0, 0.05) is 6.54 Å². The fourth-order valence-corrected chi connectivity index (χ4v) is 1.83. The second-order valence-electron chi connectivity index (χ2n) is 3.09. The SMILES string of the molecule is CCCSCCCCNC(=O)N=C(N)N. The molecule has 0 saturated carbocycles. The summed E-state index contributed by atoms with van der Waals surface area (Å²) in [6.07, 6.45) is 3.28. The number of nitrogens with one attached hydrogen (secondary N) is 1. The van der Waals surface area contributed by atoms with Gasteiger partial charge in [0.15, 0.2) is 5.96 Å². The lowest BCUT2D eigenvalue weighted by molar-refractivity contribution is 0.249. The zero-order chi connectivity index (χ0) is 11.5. The molecule has 0 bridgehead atoms. The molecular formula is C9H20N4OS.